The number of carbonyl (C=O) groups is 1. The summed E-state index contributed by atoms with van der Waals surface area (Å²) in [5.41, 5.74) is 1.79. The third-order valence-electron chi connectivity index (χ3n) is 4.72. The highest BCUT2D eigenvalue weighted by Crippen LogP contribution is 2.40. The SMILES string of the molecule is COc1cc(OC)cc([C@@H]2C[C@H](NC(C)=O)C[C@H](c3ccc(F)cc3)O2)c1. The predicted octanol–water partition coefficient (Wildman–Crippen LogP) is 3.94. The molecule has 1 saturated heterocycles. The molecule has 0 aliphatic carbocycles. The van der Waals surface area contributed by atoms with E-state index in [1.165, 1.54) is 19.1 Å². The van der Waals surface area contributed by atoms with Crippen LogP contribution >= 0.6 is 0 Å². The van der Waals surface area contributed by atoms with Crippen molar-refractivity contribution in [3.8, 4) is 11.5 Å². The zero-order valence-electron chi connectivity index (χ0n) is 15.7. The summed E-state index contributed by atoms with van der Waals surface area (Å²) in [5, 5.41) is 2.99. The summed E-state index contributed by atoms with van der Waals surface area (Å²) >= 11 is 0. The first-order valence-electron chi connectivity index (χ1n) is 8.89. The summed E-state index contributed by atoms with van der Waals surface area (Å²) in [6.07, 6.45) is 0.754. The molecule has 1 aliphatic heterocycles. The molecule has 0 radical (unpaired) electrons. The minimum atomic E-state index is -0.290. The number of hydrogen-bond acceptors (Lipinski definition) is 4. The Morgan fingerprint density at radius 2 is 1.56 bits per heavy atom. The van der Waals surface area contributed by atoms with Crippen LogP contribution in [0.2, 0.25) is 0 Å². The molecule has 1 fully saturated rings. The van der Waals surface area contributed by atoms with Gasteiger partial charge in [-0.1, -0.05) is 12.1 Å². The maximum absolute atomic E-state index is 13.3. The molecular weight excluding hydrogens is 349 g/mol. The van der Waals surface area contributed by atoms with Gasteiger partial charge >= 0.3 is 0 Å². The van der Waals surface area contributed by atoms with Gasteiger partial charge in [0.15, 0.2) is 0 Å². The van der Waals surface area contributed by atoms with Gasteiger partial charge in [0, 0.05) is 19.0 Å². The fourth-order valence-electron chi connectivity index (χ4n) is 3.45. The fourth-order valence-corrected chi connectivity index (χ4v) is 3.45. The molecule has 5 nitrogen and oxygen atoms in total. The monoisotopic (exact) mass is 373 g/mol. The van der Waals surface area contributed by atoms with Crippen molar-refractivity contribution in [2.75, 3.05) is 14.2 Å². The lowest BCUT2D eigenvalue weighted by Crippen LogP contribution is -2.39. The number of benzene rings is 2. The normalized spacial score (nSPS) is 22.1. The number of halogens is 1. The number of ether oxygens (including phenoxy) is 3. The Labute approximate surface area is 158 Å². The van der Waals surface area contributed by atoms with Gasteiger partial charge in [0.1, 0.15) is 17.3 Å². The van der Waals surface area contributed by atoms with Gasteiger partial charge < -0.3 is 19.5 Å². The highest BCUT2D eigenvalue weighted by atomic mass is 19.1. The molecule has 3 atom stereocenters. The van der Waals surface area contributed by atoms with E-state index >= 15 is 0 Å². The molecule has 3 rings (SSSR count). The van der Waals surface area contributed by atoms with Gasteiger partial charge in [-0.3, -0.25) is 4.79 Å². The Bertz CT molecular complexity index is 771. The molecular formula is C21H24FNO4. The maximum atomic E-state index is 13.3. The molecule has 0 unspecified atom stereocenters. The van der Waals surface area contributed by atoms with E-state index in [1.54, 1.807) is 32.4 Å². The second-order valence-electron chi connectivity index (χ2n) is 6.68. The van der Waals surface area contributed by atoms with Gasteiger partial charge in [-0.25, -0.2) is 4.39 Å². The number of hydrogen-bond donors (Lipinski definition) is 1. The Balaban J connectivity index is 1.91. The Morgan fingerprint density at radius 1 is 1.00 bits per heavy atom. The third kappa shape index (κ3) is 4.77. The summed E-state index contributed by atoms with van der Waals surface area (Å²) in [5.74, 6) is 0.977. The van der Waals surface area contributed by atoms with E-state index in [0.717, 1.165) is 11.1 Å². The fraction of sp³-hybridized carbons (Fsp3) is 0.381. The van der Waals surface area contributed by atoms with Crippen LogP contribution in [0, 0.1) is 5.82 Å². The van der Waals surface area contributed by atoms with Crippen LogP contribution in [0.25, 0.3) is 0 Å². The molecule has 1 N–H and O–H groups in total. The standard InChI is InChI=1S/C21H24FNO4/c1-13(24)23-17-10-20(14-4-6-16(22)7-5-14)27-21(11-17)15-8-18(25-2)12-19(9-15)26-3/h4-9,12,17,20-21H,10-11H2,1-3H3,(H,23,24)/t17-,20-,21+/m1/s1. The van der Waals surface area contributed by atoms with Crippen LogP contribution in [0.1, 0.15) is 43.1 Å². The molecule has 2 aromatic rings. The Morgan fingerprint density at radius 3 is 2.07 bits per heavy atom. The molecule has 0 saturated carbocycles. The van der Waals surface area contributed by atoms with Crippen molar-refractivity contribution in [1.29, 1.82) is 0 Å². The Kier molecular flexibility index (Phi) is 5.96. The van der Waals surface area contributed by atoms with Crippen LogP contribution in [-0.2, 0) is 9.53 Å². The lowest BCUT2D eigenvalue weighted by Gasteiger charge is -2.36. The van der Waals surface area contributed by atoms with Gasteiger partial charge in [0.05, 0.1) is 26.4 Å². The second kappa shape index (κ2) is 8.39. The average molecular weight is 373 g/mol. The summed E-state index contributed by atoms with van der Waals surface area (Å²) in [6.45, 7) is 1.51. The molecule has 0 spiro atoms. The van der Waals surface area contributed by atoms with E-state index < -0.39 is 0 Å². The van der Waals surface area contributed by atoms with Crippen LogP contribution in [0.3, 0.4) is 0 Å². The van der Waals surface area contributed by atoms with Crippen molar-refractivity contribution in [2.24, 2.45) is 0 Å². The van der Waals surface area contributed by atoms with E-state index in [4.69, 9.17) is 14.2 Å². The second-order valence-corrected chi connectivity index (χ2v) is 6.68. The van der Waals surface area contributed by atoms with E-state index in [-0.39, 0.29) is 30.0 Å². The van der Waals surface area contributed by atoms with Crippen molar-refractivity contribution < 1.29 is 23.4 Å². The van der Waals surface area contributed by atoms with E-state index in [1.807, 2.05) is 12.1 Å². The summed E-state index contributed by atoms with van der Waals surface area (Å²) in [4.78, 5) is 11.6. The van der Waals surface area contributed by atoms with Crippen molar-refractivity contribution >= 4 is 5.91 Å². The van der Waals surface area contributed by atoms with Gasteiger partial charge in [-0.15, -0.1) is 0 Å². The quantitative estimate of drug-likeness (QED) is 0.863. The molecule has 1 aliphatic rings. The smallest absolute Gasteiger partial charge is 0.217 e. The predicted molar refractivity (Wildman–Crippen MR) is 99.4 cm³/mol. The third-order valence-corrected chi connectivity index (χ3v) is 4.72. The van der Waals surface area contributed by atoms with E-state index in [2.05, 4.69) is 5.32 Å². The first-order valence-corrected chi connectivity index (χ1v) is 8.89. The minimum Gasteiger partial charge on any atom is -0.497 e. The van der Waals surface area contributed by atoms with Crippen molar-refractivity contribution in [3.05, 3.63) is 59.4 Å². The summed E-state index contributed by atoms with van der Waals surface area (Å²) in [6, 6.07) is 11.9. The van der Waals surface area contributed by atoms with Crippen LogP contribution < -0.4 is 14.8 Å². The Hall–Kier alpha value is -2.60. The van der Waals surface area contributed by atoms with Crippen LogP contribution in [0.15, 0.2) is 42.5 Å². The molecule has 0 bridgehead atoms. The zero-order chi connectivity index (χ0) is 19.4. The average Bonchev–Trinajstić information content (AvgIpc) is 2.67. The lowest BCUT2D eigenvalue weighted by molar-refractivity contribution is -0.122. The molecule has 1 amide bonds. The highest BCUT2D eigenvalue weighted by molar-refractivity contribution is 5.73. The topological polar surface area (TPSA) is 56.8 Å². The van der Waals surface area contributed by atoms with Crippen LogP contribution in [0.4, 0.5) is 4.39 Å². The molecule has 27 heavy (non-hydrogen) atoms. The van der Waals surface area contributed by atoms with Crippen molar-refractivity contribution in [3.63, 3.8) is 0 Å². The first-order chi connectivity index (χ1) is 13.0. The van der Waals surface area contributed by atoms with Gasteiger partial charge in [0.2, 0.25) is 5.91 Å². The largest absolute Gasteiger partial charge is 0.497 e. The molecule has 0 aromatic heterocycles. The highest BCUT2D eigenvalue weighted by Gasteiger charge is 2.32. The molecule has 1 heterocycles. The summed E-state index contributed by atoms with van der Waals surface area (Å²) in [7, 11) is 3.20. The number of amides is 1. The zero-order valence-corrected chi connectivity index (χ0v) is 15.7. The lowest BCUT2D eigenvalue weighted by atomic mass is 9.91. The minimum absolute atomic E-state index is 0.0477. The maximum Gasteiger partial charge on any atom is 0.217 e. The van der Waals surface area contributed by atoms with Gasteiger partial charge in [0.25, 0.3) is 0 Å². The van der Waals surface area contributed by atoms with E-state index in [0.29, 0.717) is 24.3 Å². The summed E-state index contributed by atoms with van der Waals surface area (Å²) < 4.78 is 30.3. The van der Waals surface area contributed by atoms with Gasteiger partial charge in [-0.05, 0) is 48.2 Å². The van der Waals surface area contributed by atoms with Crippen LogP contribution in [-0.4, -0.2) is 26.2 Å². The number of nitrogens with one attached hydrogen (secondary N) is 1. The first kappa shape index (κ1) is 19.2. The van der Waals surface area contributed by atoms with Gasteiger partial charge in [-0.2, -0.15) is 0 Å². The molecule has 6 heteroatoms. The number of rotatable bonds is 5. The number of carbonyl (C=O) groups excluding carboxylic acids is 1. The molecule has 144 valence electrons. The van der Waals surface area contributed by atoms with Crippen molar-refractivity contribution in [2.45, 2.75) is 38.0 Å². The van der Waals surface area contributed by atoms with Crippen molar-refractivity contribution in [1.82, 2.24) is 5.32 Å². The van der Waals surface area contributed by atoms with Crippen LogP contribution in [0.5, 0.6) is 11.5 Å². The number of methoxy groups -OCH3 is 2. The molecule has 2 aromatic carbocycles. The van der Waals surface area contributed by atoms with E-state index in [9.17, 15) is 9.18 Å².